The first kappa shape index (κ1) is 22.4. The number of amides is 1. The smallest absolute Gasteiger partial charge is 0.225 e. The Labute approximate surface area is 174 Å². The fourth-order valence-corrected chi connectivity index (χ4v) is 4.89. The molecular formula is C20H31Cl2N3O2. The molecule has 3 fully saturated rings. The van der Waals surface area contributed by atoms with Gasteiger partial charge in [-0.15, -0.1) is 24.8 Å². The van der Waals surface area contributed by atoms with Crippen molar-refractivity contribution >= 4 is 30.7 Å². The van der Waals surface area contributed by atoms with Gasteiger partial charge in [0.15, 0.2) is 0 Å². The standard InChI is InChI=1S/C20H29N3O2.2ClH/c21-19-17-5-4-16(11-17)18(19)20(24)22-12-14-2-1-3-15(10-14)13-23-6-8-25-9-7-23;;/h1-3,10,16-19H,4-9,11-13,21H2,(H,22,24);2*1H. The maximum absolute atomic E-state index is 12.6. The van der Waals surface area contributed by atoms with Gasteiger partial charge in [-0.3, -0.25) is 9.69 Å². The van der Waals surface area contributed by atoms with E-state index in [9.17, 15) is 4.79 Å². The minimum atomic E-state index is 0. The van der Waals surface area contributed by atoms with Crippen molar-refractivity contribution < 1.29 is 9.53 Å². The number of carbonyl (C=O) groups is 1. The van der Waals surface area contributed by atoms with Crippen molar-refractivity contribution in [3.05, 3.63) is 35.4 Å². The van der Waals surface area contributed by atoms with Gasteiger partial charge >= 0.3 is 0 Å². The quantitative estimate of drug-likeness (QED) is 0.774. The lowest BCUT2D eigenvalue weighted by molar-refractivity contribution is -0.127. The molecular weight excluding hydrogens is 385 g/mol. The van der Waals surface area contributed by atoms with E-state index in [4.69, 9.17) is 10.5 Å². The number of nitrogens with zero attached hydrogens (tertiary/aromatic N) is 1. The van der Waals surface area contributed by atoms with E-state index in [1.54, 1.807) is 0 Å². The van der Waals surface area contributed by atoms with E-state index in [-0.39, 0.29) is 42.7 Å². The maximum Gasteiger partial charge on any atom is 0.225 e. The minimum Gasteiger partial charge on any atom is -0.379 e. The van der Waals surface area contributed by atoms with Crippen LogP contribution in [0.15, 0.2) is 24.3 Å². The maximum atomic E-state index is 12.6. The molecule has 152 valence electrons. The second-order valence-corrected chi connectivity index (χ2v) is 7.86. The van der Waals surface area contributed by atoms with E-state index < -0.39 is 0 Å². The molecule has 4 unspecified atom stereocenters. The molecule has 3 aliphatic rings. The van der Waals surface area contributed by atoms with Gasteiger partial charge in [0.05, 0.1) is 19.1 Å². The Morgan fingerprint density at radius 3 is 2.56 bits per heavy atom. The van der Waals surface area contributed by atoms with E-state index in [1.807, 2.05) is 0 Å². The molecule has 7 heteroatoms. The van der Waals surface area contributed by atoms with Gasteiger partial charge in [-0.2, -0.15) is 0 Å². The summed E-state index contributed by atoms with van der Waals surface area (Å²) in [5.74, 6) is 1.25. The van der Waals surface area contributed by atoms with Crippen LogP contribution < -0.4 is 11.1 Å². The molecule has 3 N–H and O–H groups in total. The second kappa shape index (κ2) is 10.1. The van der Waals surface area contributed by atoms with Gasteiger partial charge < -0.3 is 15.8 Å². The molecule has 1 aliphatic heterocycles. The van der Waals surface area contributed by atoms with Crippen LogP contribution in [0.1, 0.15) is 30.4 Å². The van der Waals surface area contributed by atoms with Crippen LogP contribution in [-0.4, -0.2) is 43.2 Å². The SMILES string of the molecule is Cl.Cl.NC1C2CCC(C2)C1C(=O)NCc1cccc(CN2CCOCC2)c1. The van der Waals surface area contributed by atoms with Crippen molar-refractivity contribution in [3.8, 4) is 0 Å². The van der Waals surface area contributed by atoms with Crippen molar-refractivity contribution in [1.82, 2.24) is 10.2 Å². The van der Waals surface area contributed by atoms with Gasteiger partial charge in [0, 0.05) is 32.2 Å². The lowest BCUT2D eigenvalue weighted by atomic mass is 9.84. The molecule has 2 saturated carbocycles. The summed E-state index contributed by atoms with van der Waals surface area (Å²) in [7, 11) is 0. The third kappa shape index (κ3) is 5.15. The van der Waals surface area contributed by atoms with Crippen LogP contribution in [0.4, 0.5) is 0 Å². The Morgan fingerprint density at radius 2 is 1.85 bits per heavy atom. The molecule has 1 heterocycles. The second-order valence-electron chi connectivity index (χ2n) is 7.86. The number of carbonyl (C=O) groups excluding carboxylic acids is 1. The number of hydrogen-bond donors (Lipinski definition) is 2. The Morgan fingerprint density at radius 1 is 1.15 bits per heavy atom. The van der Waals surface area contributed by atoms with Gasteiger partial charge in [-0.05, 0) is 42.2 Å². The lowest BCUT2D eigenvalue weighted by Crippen LogP contribution is -2.45. The predicted molar refractivity (Wildman–Crippen MR) is 111 cm³/mol. The van der Waals surface area contributed by atoms with Crippen molar-refractivity contribution in [2.75, 3.05) is 26.3 Å². The monoisotopic (exact) mass is 415 g/mol. The Bertz CT molecular complexity index is 623. The Balaban J connectivity index is 0.00000131. The average Bonchev–Trinajstić information content (AvgIpc) is 3.22. The normalized spacial score (nSPS) is 29.7. The molecule has 2 aliphatic carbocycles. The number of morpholine rings is 1. The number of rotatable bonds is 5. The molecule has 1 aromatic carbocycles. The van der Waals surface area contributed by atoms with E-state index >= 15 is 0 Å². The number of hydrogen-bond acceptors (Lipinski definition) is 4. The van der Waals surface area contributed by atoms with Crippen LogP contribution in [-0.2, 0) is 22.6 Å². The Kier molecular flexibility index (Phi) is 8.38. The molecule has 4 rings (SSSR count). The summed E-state index contributed by atoms with van der Waals surface area (Å²) in [6, 6.07) is 8.60. The van der Waals surface area contributed by atoms with Crippen LogP contribution in [0.3, 0.4) is 0 Å². The van der Waals surface area contributed by atoms with E-state index in [2.05, 4.69) is 34.5 Å². The summed E-state index contributed by atoms with van der Waals surface area (Å²) in [6.45, 7) is 5.16. The Hall–Kier alpha value is -0.850. The fraction of sp³-hybridized carbons (Fsp3) is 0.650. The summed E-state index contributed by atoms with van der Waals surface area (Å²) in [6.07, 6.45) is 3.53. The molecule has 0 aromatic heterocycles. The van der Waals surface area contributed by atoms with Crippen LogP contribution in [0, 0.1) is 17.8 Å². The summed E-state index contributed by atoms with van der Waals surface area (Å²) < 4.78 is 5.40. The van der Waals surface area contributed by atoms with Gasteiger partial charge in [0.25, 0.3) is 0 Å². The number of fused-ring (bicyclic) bond motifs is 2. The number of benzene rings is 1. The molecule has 1 aromatic rings. The van der Waals surface area contributed by atoms with Crippen LogP contribution in [0.5, 0.6) is 0 Å². The molecule has 4 atom stereocenters. The highest BCUT2D eigenvalue weighted by Crippen LogP contribution is 2.47. The highest BCUT2D eigenvalue weighted by Gasteiger charge is 2.48. The molecule has 0 spiro atoms. The van der Waals surface area contributed by atoms with Crippen LogP contribution in [0.25, 0.3) is 0 Å². The van der Waals surface area contributed by atoms with E-state index in [0.29, 0.717) is 18.4 Å². The zero-order chi connectivity index (χ0) is 17.2. The summed E-state index contributed by atoms with van der Waals surface area (Å²) >= 11 is 0. The van der Waals surface area contributed by atoms with Crippen molar-refractivity contribution in [3.63, 3.8) is 0 Å². The lowest BCUT2D eigenvalue weighted by Gasteiger charge is -2.27. The minimum absolute atomic E-state index is 0. The van der Waals surface area contributed by atoms with Gasteiger partial charge in [0.1, 0.15) is 0 Å². The molecule has 1 saturated heterocycles. The van der Waals surface area contributed by atoms with Crippen LogP contribution >= 0.6 is 24.8 Å². The summed E-state index contributed by atoms with van der Waals surface area (Å²) in [5, 5.41) is 3.13. The molecule has 0 radical (unpaired) electrons. The first-order valence-corrected chi connectivity index (χ1v) is 9.62. The highest BCUT2D eigenvalue weighted by atomic mass is 35.5. The fourth-order valence-electron chi connectivity index (χ4n) is 4.89. The zero-order valence-electron chi connectivity index (χ0n) is 15.6. The van der Waals surface area contributed by atoms with Gasteiger partial charge in [0.2, 0.25) is 5.91 Å². The molecule has 27 heavy (non-hydrogen) atoms. The van der Waals surface area contributed by atoms with E-state index in [0.717, 1.165) is 44.8 Å². The largest absolute Gasteiger partial charge is 0.379 e. The zero-order valence-corrected chi connectivity index (χ0v) is 17.3. The van der Waals surface area contributed by atoms with Gasteiger partial charge in [-0.25, -0.2) is 0 Å². The van der Waals surface area contributed by atoms with Crippen molar-refractivity contribution in [2.45, 2.75) is 38.4 Å². The van der Waals surface area contributed by atoms with E-state index in [1.165, 1.54) is 18.4 Å². The average molecular weight is 416 g/mol. The molecule has 5 nitrogen and oxygen atoms in total. The van der Waals surface area contributed by atoms with Gasteiger partial charge in [-0.1, -0.05) is 24.3 Å². The third-order valence-electron chi connectivity index (χ3n) is 6.25. The highest BCUT2D eigenvalue weighted by molar-refractivity contribution is 5.85. The summed E-state index contributed by atoms with van der Waals surface area (Å²) in [4.78, 5) is 15.0. The molecule has 2 bridgehead atoms. The van der Waals surface area contributed by atoms with Crippen LogP contribution in [0.2, 0.25) is 0 Å². The summed E-state index contributed by atoms with van der Waals surface area (Å²) in [5.41, 5.74) is 8.75. The predicted octanol–water partition coefficient (Wildman–Crippen LogP) is 2.35. The number of ether oxygens (including phenoxy) is 1. The number of nitrogens with one attached hydrogen (secondary N) is 1. The van der Waals surface area contributed by atoms with Crippen molar-refractivity contribution in [1.29, 1.82) is 0 Å². The third-order valence-corrected chi connectivity index (χ3v) is 6.25. The topological polar surface area (TPSA) is 67.6 Å². The number of halogens is 2. The van der Waals surface area contributed by atoms with Crippen molar-refractivity contribution in [2.24, 2.45) is 23.5 Å². The molecule has 1 amide bonds. The first-order chi connectivity index (χ1) is 12.2. The first-order valence-electron chi connectivity index (χ1n) is 9.62. The number of nitrogens with two attached hydrogens (primary N) is 1.